The highest BCUT2D eigenvalue weighted by molar-refractivity contribution is 5.85. The topological polar surface area (TPSA) is 69.2 Å². The summed E-state index contributed by atoms with van der Waals surface area (Å²) in [6.07, 6.45) is -3.01. The Morgan fingerprint density at radius 1 is 1.44 bits per heavy atom. The van der Waals surface area contributed by atoms with E-state index in [0.717, 1.165) is 0 Å². The fraction of sp³-hybridized carbons (Fsp3) is 0.333. The van der Waals surface area contributed by atoms with Crippen molar-refractivity contribution in [1.82, 2.24) is 0 Å². The molecule has 1 atom stereocenters. The number of halogens is 3. The second kappa shape index (κ2) is 6.34. The van der Waals surface area contributed by atoms with Crippen LogP contribution in [-0.4, -0.2) is 11.3 Å². The second-order valence-corrected chi connectivity index (χ2v) is 3.09. The third-order valence-corrected chi connectivity index (χ3v) is 1.94. The van der Waals surface area contributed by atoms with Crippen molar-refractivity contribution in [3.05, 3.63) is 39.9 Å². The van der Waals surface area contributed by atoms with E-state index in [2.05, 4.69) is 0 Å². The van der Waals surface area contributed by atoms with Crippen molar-refractivity contribution >= 4 is 18.1 Å². The van der Waals surface area contributed by atoms with E-state index in [-0.39, 0.29) is 18.1 Å². The first kappa shape index (κ1) is 14.7. The van der Waals surface area contributed by atoms with E-state index < -0.39 is 23.8 Å². The highest BCUT2D eigenvalue weighted by Gasteiger charge is 2.15. The molecule has 0 unspecified atom stereocenters. The molecule has 0 spiro atoms. The fourth-order valence-electron chi connectivity index (χ4n) is 1.20. The van der Waals surface area contributed by atoms with Crippen molar-refractivity contribution in [2.45, 2.75) is 18.9 Å². The molecule has 0 aliphatic carbocycles. The zero-order valence-electron chi connectivity index (χ0n) is 8.18. The van der Waals surface area contributed by atoms with Gasteiger partial charge >= 0.3 is 0 Å². The number of benzene rings is 1. The van der Waals surface area contributed by atoms with Gasteiger partial charge in [-0.05, 0) is 5.56 Å². The van der Waals surface area contributed by atoms with Gasteiger partial charge in [0, 0.05) is 24.6 Å². The zero-order valence-corrected chi connectivity index (χ0v) is 8.99. The van der Waals surface area contributed by atoms with Crippen LogP contribution in [-0.2, 0) is 0 Å². The summed E-state index contributed by atoms with van der Waals surface area (Å²) < 4.78 is 24.0. The van der Waals surface area contributed by atoms with Gasteiger partial charge in [0.25, 0.3) is 5.69 Å². The third kappa shape index (κ3) is 4.08. The van der Waals surface area contributed by atoms with Crippen LogP contribution in [0.5, 0.6) is 0 Å². The van der Waals surface area contributed by atoms with Crippen LogP contribution in [0, 0.1) is 10.1 Å². The standard InChI is InChI=1S/C9H10F2N2O2.ClH/c10-9(11)5-8(12)6-2-1-3-7(4-6)13(14)15;/h1-4,8-9H,5,12H2;1H/t8-;/m1./s1. The summed E-state index contributed by atoms with van der Waals surface area (Å²) >= 11 is 0. The lowest BCUT2D eigenvalue weighted by Gasteiger charge is -2.10. The van der Waals surface area contributed by atoms with Crippen LogP contribution >= 0.6 is 12.4 Å². The average Bonchev–Trinajstić information content (AvgIpc) is 2.17. The van der Waals surface area contributed by atoms with Crippen LogP contribution in [0.2, 0.25) is 0 Å². The first-order valence-electron chi connectivity index (χ1n) is 4.29. The molecule has 0 amide bonds. The van der Waals surface area contributed by atoms with Gasteiger partial charge in [0.1, 0.15) is 0 Å². The van der Waals surface area contributed by atoms with E-state index in [1.54, 1.807) is 0 Å². The van der Waals surface area contributed by atoms with Gasteiger partial charge in [-0.15, -0.1) is 12.4 Å². The van der Waals surface area contributed by atoms with Crippen LogP contribution in [0.4, 0.5) is 14.5 Å². The zero-order chi connectivity index (χ0) is 11.4. The van der Waals surface area contributed by atoms with Gasteiger partial charge in [-0.2, -0.15) is 0 Å². The summed E-state index contributed by atoms with van der Waals surface area (Å²) in [5.41, 5.74) is 5.67. The maximum absolute atomic E-state index is 12.0. The summed E-state index contributed by atoms with van der Waals surface area (Å²) in [4.78, 5) is 9.83. The Morgan fingerprint density at radius 3 is 2.56 bits per heavy atom. The van der Waals surface area contributed by atoms with Gasteiger partial charge < -0.3 is 5.73 Å². The van der Waals surface area contributed by atoms with E-state index in [4.69, 9.17) is 5.73 Å². The normalized spacial score (nSPS) is 12.0. The first-order chi connectivity index (χ1) is 7.00. The maximum Gasteiger partial charge on any atom is 0.269 e. The number of hydrogen-bond donors (Lipinski definition) is 1. The molecule has 4 nitrogen and oxygen atoms in total. The Balaban J connectivity index is 0.00000225. The monoisotopic (exact) mass is 252 g/mol. The summed E-state index contributed by atoms with van der Waals surface area (Å²) in [5, 5.41) is 10.4. The molecule has 0 aliphatic heterocycles. The van der Waals surface area contributed by atoms with Crippen LogP contribution in [0.1, 0.15) is 18.0 Å². The molecule has 0 bridgehead atoms. The first-order valence-corrected chi connectivity index (χ1v) is 4.29. The van der Waals surface area contributed by atoms with Gasteiger partial charge in [0.05, 0.1) is 4.92 Å². The molecule has 1 aromatic rings. The number of nitro benzene ring substituents is 1. The molecule has 0 aliphatic rings. The lowest BCUT2D eigenvalue weighted by molar-refractivity contribution is -0.384. The number of nitro groups is 1. The molecule has 2 N–H and O–H groups in total. The van der Waals surface area contributed by atoms with Crippen LogP contribution in [0.15, 0.2) is 24.3 Å². The molecule has 1 rings (SSSR count). The molecule has 90 valence electrons. The van der Waals surface area contributed by atoms with Gasteiger partial charge in [-0.1, -0.05) is 12.1 Å². The molecule has 7 heteroatoms. The Hall–Kier alpha value is -1.27. The predicted octanol–water partition coefficient (Wildman–Crippen LogP) is 2.67. The molecular weight excluding hydrogens is 242 g/mol. The Bertz CT molecular complexity index is 363. The van der Waals surface area contributed by atoms with Crippen LogP contribution in [0.3, 0.4) is 0 Å². The van der Waals surface area contributed by atoms with E-state index in [1.807, 2.05) is 0 Å². The molecule has 16 heavy (non-hydrogen) atoms. The number of rotatable bonds is 4. The quantitative estimate of drug-likeness (QED) is 0.662. The largest absolute Gasteiger partial charge is 0.324 e. The number of hydrogen-bond acceptors (Lipinski definition) is 3. The molecule has 0 saturated carbocycles. The van der Waals surface area contributed by atoms with Gasteiger partial charge in [-0.25, -0.2) is 8.78 Å². The third-order valence-electron chi connectivity index (χ3n) is 1.94. The van der Waals surface area contributed by atoms with Crippen molar-refractivity contribution in [3.8, 4) is 0 Å². The van der Waals surface area contributed by atoms with E-state index in [9.17, 15) is 18.9 Å². The average molecular weight is 253 g/mol. The van der Waals surface area contributed by atoms with Crippen molar-refractivity contribution in [3.63, 3.8) is 0 Å². The number of alkyl halides is 2. The van der Waals surface area contributed by atoms with Crippen molar-refractivity contribution in [2.24, 2.45) is 5.73 Å². The van der Waals surface area contributed by atoms with Crippen molar-refractivity contribution in [1.29, 1.82) is 0 Å². The number of nitrogens with two attached hydrogens (primary N) is 1. The van der Waals surface area contributed by atoms with Gasteiger partial charge in [0.15, 0.2) is 0 Å². The minimum Gasteiger partial charge on any atom is -0.324 e. The van der Waals surface area contributed by atoms with Crippen molar-refractivity contribution < 1.29 is 13.7 Å². The SMILES string of the molecule is Cl.N[C@H](CC(F)F)c1cccc([N+](=O)[O-])c1. The fourth-order valence-corrected chi connectivity index (χ4v) is 1.20. The Kier molecular flexibility index (Phi) is 5.84. The van der Waals surface area contributed by atoms with E-state index in [1.165, 1.54) is 24.3 Å². The smallest absolute Gasteiger partial charge is 0.269 e. The number of nitrogens with zero attached hydrogens (tertiary/aromatic N) is 1. The van der Waals surface area contributed by atoms with Crippen LogP contribution < -0.4 is 5.73 Å². The van der Waals surface area contributed by atoms with Gasteiger partial charge in [0.2, 0.25) is 6.43 Å². The van der Waals surface area contributed by atoms with Crippen LogP contribution in [0.25, 0.3) is 0 Å². The minimum atomic E-state index is -2.51. The lowest BCUT2D eigenvalue weighted by atomic mass is 10.0. The Morgan fingerprint density at radius 2 is 2.06 bits per heavy atom. The molecule has 0 aromatic heterocycles. The second-order valence-electron chi connectivity index (χ2n) is 3.09. The summed E-state index contributed by atoms with van der Waals surface area (Å²) in [7, 11) is 0. The highest BCUT2D eigenvalue weighted by Crippen LogP contribution is 2.21. The molecule has 1 aromatic carbocycles. The molecule has 0 fully saturated rings. The summed E-state index contributed by atoms with van der Waals surface area (Å²) in [6, 6.07) is 4.56. The molecule has 0 saturated heterocycles. The lowest BCUT2D eigenvalue weighted by Crippen LogP contribution is -2.14. The maximum atomic E-state index is 12.0. The van der Waals surface area contributed by atoms with E-state index in [0.29, 0.717) is 5.56 Å². The minimum absolute atomic E-state index is 0. The van der Waals surface area contributed by atoms with E-state index >= 15 is 0 Å². The number of non-ortho nitro benzene ring substituents is 1. The van der Waals surface area contributed by atoms with Crippen molar-refractivity contribution in [2.75, 3.05) is 0 Å². The Labute approximate surface area is 97.0 Å². The molecule has 0 heterocycles. The summed E-state index contributed by atoms with van der Waals surface area (Å²) in [5.74, 6) is 0. The highest BCUT2D eigenvalue weighted by atomic mass is 35.5. The summed E-state index contributed by atoms with van der Waals surface area (Å²) in [6.45, 7) is 0. The molecule has 0 radical (unpaired) electrons. The predicted molar refractivity (Wildman–Crippen MR) is 57.9 cm³/mol. The van der Waals surface area contributed by atoms with Gasteiger partial charge in [-0.3, -0.25) is 10.1 Å². The molecular formula is C9H11ClF2N2O2.